The van der Waals surface area contributed by atoms with Crippen LogP contribution in [0.25, 0.3) is 0 Å². The Hall–Kier alpha value is -2.77. The van der Waals surface area contributed by atoms with E-state index >= 15 is 0 Å². The number of ether oxygens (including phenoxy) is 1. The SMILES string of the molecule is CCCCCNC(=O)C(c1cccc(O)c1)N(CCCCC)C(=O)C(C)NC(=O)OC(C)(C)C. The Labute approximate surface area is 204 Å². The van der Waals surface area contributed by atoms with Gasteiger partial charge in [0.15, 0.2) is 0 Å². The molecule has 0 saturated heterocycles. The zero-order chi connectivity index (χ0) is 25.7. The molecule has 8 nitrogen and oxygen atoms in total. The van der Waals surface area contributed by atoms with Crippen LogP contribution in [0.15, 0.2) is 24.3 Å². The van der Waals surface area contributed by atoms with Crippen LogP contribution in [0.2, 0.25) is 0 Å². The van der Waals surface area contributed by atoms with E-state index in [4.69, 9.17) is 4.74 Å². The number of unbranched alkanes of at least 4 members (excludes halogenated alkanes) is 4. The van der Waals surface area contributed by atoms with Gasteiger partial charge in [0.25, 0.3) is 0 Å². The number of amides is 3. The second kappa shape index (κ2) is 14.5. The summed E-state index contributed by atoms with van der Waals surface area (Å²) >= 11 is 0. The Kier molecular flexibility index (Phi) is 12.5. The lowest BCUT2D eigenvalue weighted by Gasteiger charge is -2.33. The molecule has 0 heterocycles. The van der Waals surface area contributed by atoms with Crippen molar-refractivity contribution in [3.05, 3.63) is 29.8 Å². The molecule has 0 fully saturated rings. The molecule has 0 aromatic heterocycles. The van der Waals surface area contributed by atoms with Gasteiger partial charge < -0.3 is 25.4 Å². The highest BCUT2D eigenvalue weighted by Crippen LogP contribution is 2.26. The number of phenols is 1. The molecule has 0 spiro atoms. The molecule has 34 heavy (non-hydrogen) atoms. The van der Waals surface area contributed by atoms with Gasteiger partial charge in [-0.25, -0.2) is 4.79 Å². The maximum absolute atomic E-state index is 13.5. The molecule has 1 aromatic carbocycles. The second-order valence-electron chi connectivity index (χ2n) is 9.60. The molecule has 3 N–H and O–H groups in total. The van der Waals surface area contributed by atoms with Crippen LogP contribution in [0.3, 0.4) is 0 Å². The topological polar surface area (TPSA) is 108 Å². The molecule has 2 unspecified atom stereocenters. The molecule has 2 atom stereocenters. The van der Waals surface area contributed by atoms with Crippen molar-refractivity contribution in [2.75, 3.05) is 13.1 Å². The van der Waals surface area contributed by atoms with Crippen LogP contribution in [-0.2, 0) is 14.3 Å². The quantitative estimate of drug-likeness (QED) is 0.358. The molecular weight excluding hydrogens is 434 g/mol. The van der Waals surface area contributed by atoms with Gasteiger partial charge in [-0.3, -0.25) is 9.59 Å². The minimum atomic E-state index is -0.930. The van der Waals surface area contributed by atoms with Gasteiger partial charge >= 0.3 is 6.09 Å². The standard InChI is InChI=1S/C26H43N3O5/c1-7-9-11-16-27-23(31)22(20-14-13-15-21(30)18-20)29(17-12-10-8-2)24(32)19(3)28-25(33)34-26(4,5)6/h13-15,18-19,22,30H,7-12,16-17H2,1-6H3,(H,27,31)(H,28,33). The molecule has 0 aliphatic rings. The fourth-order valence-corrected chi connectivity index (χ4v) is 3.54. The van der Waals surface area contributed by atoms with E-state index < -0.39 is 23.8 Å². The van der Waals surface area contributed by atoms with Gasteiger partial charge in [0, 0.05) is 13.1 Å². The van der Waals surface area contributed by atoms with E-state index in [-0.39, 0.29) is 17.6 Å². The number of nitrogens with zero attached hydrogens (tertiary/aromatic N) is 1. The molecular formula is C26H43N3O5. The largest absolute Gasteiger partial charge is 0.508 e. The van der Waals surface area contributed by atoms with Crippen molar-refractivity contribution in [1.82, 2.24) is 15.5 Å². The molecule has 1 rings (SSSR count). The van der Waals surface area contributed by atoms with E-state index in [0.29, 0.717) is 25.1 Å². The molecule has 8 heteroatoms. The Morgan fingerprint density at radius 1 is 1.06 bits per heavy atom. The molecule has 0 radical (unpaired) electrons. The first-order valence-electron chi connectivity index (χ1n) is 12.4. The summed E-state index contributed by atoms with van der Waals surface area (Å²) in [6.45, 7) is 11.8. The van der Waals surface area contributed by atoms with Gasteiger partial charge in [-0.05, 0) is 58.2 Å². The smallest absolute Gasteiger partial charge is 0.408 e. The van der Waals surface area contributed by atoms with E-state index in [1.807, 2.05) is 0 Å². The van der Waals surface area contributed by atoms with Crippen molar-refractivity contribution in [2.45, 2.75) is 97.8 Å². The van der Waals surface area contributed by atoms with Gasteiger partial charge in [-0.15, -0.1) is 0 Å². The number of carbonyl (C=O) groups excluding carboxylic acids is 3. The molecule has 192 valence electrons. The van der Waals surface area contributed by atoms with Crippen LogP contribution in [0.4, 0.5) is 4.79 Å². The Morgan fingerprint density at radius 3 is 2.29 bits per heavy atom. The highest BCUT2D eigenvalue weighted by molar-refractivity contribution is 5.92. The van der Waals surface area contributed by atoms with Crippen LogP contribution in [0, 0.1) is 0 Å². The first kappa shape index (κ1) is 29.3. The lowest BCUT2D eigenvalue weighted by atomic mass is 10.0. The van der Waals surface area contributed by atoms with Crippen molar-refractivity contribution < 1.29 is 24.2 Å². The Bertz CT molecular complexity index is 791. The number of carbonyl (C=O) groups is 3. The molecule has 0 aliphatic heterocycles. The summed E-state index contributed by atoms with van der Waals surface area (Å²) in [4.78, 5) is 40.6. The van der Waals surface area contributed by atoms with Crippen molar-refractivity contribution in [3.63, 3.8) is 0 Å². The Balaban J connectivity index is 3.22. The number of hydrogen-bond donors (Lipinski definition) is 3. The summed E-state index contributed by atoms with van der Waals surface area (Å²) in [7, 11) is 0. The van der Waals surface area contributed by atoms with Crippen molar-refractivity contribution in [3.8, 4) is 5.75 Å². The number of hydrogen-bond acceptors (Lipinski definition) is 5. The highest BCUT2D eigenvalue weighted by Gasteiger charge is 2.34. The summed E-state index contributed by atoms with van der Waals surface area (Å²) in [5.41, 5.74) is -0.182. The van der Waals surface area contributed by atoms with E-state index in [0.717, 1.165) is 32.1 Å². The highest BCUT2D eigenvalue weighted by atomic mass is 16.6. The summed E-state index contributed by atoms with van der Waals surface area (Å²) in [6.07, 6.45) is 4.72. The third-order valence-electron chi connectivity index (χ3n) is 5.21. The van der Waals surface area contributed by atoms with Crippen molar-refractivity contribution >= 4 is 17.9 Å². The predicted octanol–water partition coefficient (Wildman–Crippen LogP) is 4.67. The first-order valence-corrected chi connectivity index (χ1v) is 12.4. The number of nitrogens with one attached hydrogen (secondary N) is 2. The molecule has 3 amide bonds. The lowest BCUT2D eigenvalue weighted by Crippen LogP contribution is -2.52. The monoisotopic (exact) mass is 477 g/mol. The van der Waals surface area contributed by atoms with Crippen LogP contribution in [0.5, 0.6) is 5.75 Å². The fraction of sp³-hybridized carbons (Fsp3) is 0.654. The Morgan fingerprint density at radius 2 is 1.71 bits per heavy atom. The average Bonchev–Trinajstić information content (AvgIpc) is 2.74. The average molecular weight is 478 g/mol. The van der Waals surface area contributed by atoms with Crippen LogP contribution >= 0.6 is 0 Å². The summed E-state index contributed by atoms with van der Waals surface area (Å²) in [6, 6.07) is 4.57. The molecule has 1 aromatic rings. The third-order valence-corrected chi connectivity index (χ3v) is 5.21. The van der Waals surface area contributed by atoms with Crippen LogP contribution in [-0.4, -0.2) is 52.6 Å². The number of phenolic OH excluding ortho intramolecular Hbond substituents is 1. The normalized spacial score (nSPS) is 13.0. The van der Waals surface area contributed by atoms with Crippen molar-refractivity contribution in [2.24, 2.45) is 0 Å². The minimum absolute atomic E-state index is 0.0159. The van der Waals surface area contributed by atoms with Gasteiger partial charge in [0.2, 0.25) is 11.8 Å². The molecule has 0 bridgehead atoms. The number of rotatable bonds is 13. The van der Waals surface area contributed by atoms with Gasteiger partial charge in [0.05, 0.1) is 0 Å². The maximum Gasteiger partial charge on any atom is 0.408 e. The minimum Gasteiger partial charge on any atom is -0.508 e. The maximum atomic E-state index is 13.5. The predicted molar refractivity (Wildman–Crippen MR) is 133 cm³/mol. The zero-order valence-electron chi connectivity index (χ0n) is 21.6. The van der Waals surface area contributed by atoms with Gasteiger partial charge in [-0.1, -0.05) is 51.7 Å². The van der Waals surface area contributed by atoms with E-state index in [1.165, 1.54) is 17.0 Å². The third kappa shape index (κ3) is 10.4. The number of aromatic hydroxyl groups is 1. The van der Waals surface area contributed by atoms with Gasteiger partial charge in [-0.2, -0.15) is 0 Å². The fourth-order valence-electron chi connectivity index (χ4n) is 3.54. The van der Waals surface area contributed by atoms with Gasteiger partial charge in [0.1, 0.15) is 23.4 Å². The second-order valence-corrected chi connectivity index (χ2v) is 9.60. The van der Waals surface area contributed by atoms with Crippen LogP contribution in [0.1, 0.15) is 91.7 Å². The van der Waals surface area contributed by atoms with Crippen LogP contribution < -0.4 is 10.6 Å². The van der Waals surface area contributed by atoms with Crippen molar-refractivity contribution in [1.29, 1.82) is 0 Å². The summed E-state index contributed by atoms with van der Waals surface area (Å²) in [5, 5.41) is 15.6. The van der Waals surface area contributed by atoms with E-state index in [9.17, 15) is 19.5 Å². The lowest BCUT2D eigenvalue weighted by molar-refractivity contribution is -0.142. The molecule has 0 aliphatic carbocycles. The zero-order valence-corrected chi connectivity index (χ0v) is 21.6. The summed E-state index contributed by atoms with van der Waals surface area (Å²) in [5.74, 6) is -0.683. The molecule has 0 saturated carbocycles. The van der Waals surface area contributed by atoms with E-state index in [1.54, 1.807) is 39.8 Å². The van der Waals surface area contributed by atoms with E-state index in [2.05, 4.69) is 24.5 Å². The number of benzene rings is 1. The summed E-state index contributed by atoms with van der Waals surface area (Å²) < 4.78 is 5.29. The first-order chi connectivity index (χ1) is 16.0. The number of alkyl carbamates (subject to hydrolysis) is 1.